The van der Waals surface area contributed by atoms with E-state index < -0.39 is 5.82 Å². The van der Waals surface area contributed by atoms with Crippen LogP contribution >= 0.6 is 23.2 Å². The summed E-state index contributed by atoms with van der Waals surface area (Å²) in [4.78, 5) is 0. The molecule has 0 fully saturated rings. The number of benzene rings is 3. The summed E-state index contributed by atoms with van der Waals surface area (Å²) >= 11 is 12.5. The maximum absolute atomic E-state index is 14.0. The molecule has 2 N–H and O–H groups in total. The lowest BCUT2D eigenvalue weighted by Gasteiger charge is -2.16. The van der Waals surface area contributed by atoms with E-state index in [-0.39, 0.29) is 22.9 Å². The first-order valence-corrected chi connectivity index (χ1v) is 9.77. The highest BCUT2D eigenvalue weighted by Crippen LogP contribution is 2.38. The Morgan fingerprint density at radius 3 is 2.45 bits per heavy atom. The number of hydrogen-bond acceptors (Lipinski definition) is 4. The average Bonchev–Trinajstić information content (AvgIpc) is 2.69. The molecule has 4 nitrogen and oxygen atoms in total. The van der Waals surface area contributed by atoms with Gasteiger partial charge in [0.2, 0.25) is 0 Å². The lowest BCUT2D eigenvalue weighted by Crippen LogP contribution is -2.05. The predicted molar refractivity (Wildman–Crippen MR) is 114 cm³/mol. The first-order valence-electron chi connectivity index (χ1n) is 9.01. The number of anilines is 1. The Morgan fingerprint density at radius 1 is 1.00 bits per heavy atom. The standard InChI is InChI=1S/C22H20Cl2FNO3/c1-2-28-21-11-14(12-26-15-6-8-16(27)9-7-15)10-19(24)22(21)29-13-17-18(23)4-3-5-20(17)25/h3-11,26-27H,2,12-13H2,1H3. The Labute approximate surface area is 178 Å². The quantitative estimate of drug-likeness (QED) is 0.400. The van der Waals surface area contributed by atoms with Crippen LogP contribution in [0.5, 0.6) is 17.2 Å². The minimum absolute atomic E-state index is 0.0730. The van der Waals surface area contributed by atoms with E-state index in [9.17, 15) is 9.50 Å². The van der Waals surface area contributed by atoms with Crippen molar-refractivity contribution in [1.29, 1.82) is 0 Å². The number of halogens is 3. The van der Waals surface area contributed by atoms with Gasteiger partial charge >= 0.3 is 0 Å². The maximum Gasteiger partial charge on any atom is 0.180 e. The predicted octanol–water partition coefficient (Wildman–Crippen LogP) is 6.43. The molecule has 3 aromatic rings. The summed E-state index contributed by atoms with van der Waals surface area (Å²) in [7, 11) is 0. The van der Waals surface area contributed by atoms with Crippen LogP contribution < -0.4 is 14.8 Å². The zero-order valence-electron chi connectivity index (χ0n) is 15.7. The van der Waals surface area contributed by atoms with Gasteiger partial charge in [-0.25, -0.2) is 4.39 Å². The normalized spacial score (nSPS) is 10.6. The molecular formula is C22H20Cl2FNO3. The zero-order chi connectivity index (χ0) is 20.8. The van der Waals surface area contributed by atoms with E-state index in [1.165, 1.54) is 12.1 Å². The maximum atomic E-state index is 14.0. The molecule has 0 aliphatic heterocycles. The van der Waals surface area contributed by atoms with Crippen LogP contribution in [0.1, 0.15) is 18.1 Å². The molecule has 29 heavy (non-hydrogen) atoms. The Bertz CT molecular complexity index is 960. The molecule has 3 rings (SSSR count). The molecular weight excluding hydrogens is 416 g/mol. The zero-order valence-corrected chi connectivity index (χ0v) is 17.2. The minimum atomic E-state index is -0.443. The molecule has 0 unspecified atom stereocenters. The lowest BCUT2D eigenvalue weighted by atomic mass is 10.2. The highest BCUT2D eigenvalue weighted by atomic mass is 35.5. The Kier molecular flexibility index (Phi) is 7.07. The summed E-state index contributed by atoms with van der Waals surface area (Å²) in [5, 5.41) is 13.2. The van der Waals surface area contributed by atoms with Crippen molar-refractivity contribution in [3.05, 3.63) is 81.6 Å². The largest absolute Gasteiger partial charge is 0.508 e. The first-order chi connectivity index (χ1) is 14.0. The first kappa shape index (κ1) is 21.1. The van der Waals surface area contributed by atoms with Gasteiger partial charge in [-0.05, 0) is 61.0 Å². The molecule has 0 spiro atoms. The third kappa shape index (κ3) is 5.46. The number of phenolic OH excluding ortho intramolecular Hbond substituents is 1. The van der Waals surface area contributed by atoms with Gasteiger partial charge in [-0.15, -0.1) is 0 Å². The second-order valence-corrected chi connectivity index (χ2v) is 7.04. The summed E-state index contributed by atoms with van der Waals surface area (Å²) in [6.45, 7) is 2.69. The third-order valence-electron chi connectivity index (χ3n) is 4.16. The second kappa shape index (κ2) is 9.72. The highest BCUT2D eigenvalue weighted by molar-refractivity contribution is 6.32. The number of nitrogens with one attached hydrogen (secondary N) is 1. The number of aromatic hydroxyl groups is 1. The van der Waals surface area contributed by atoms with Gasteiger partial charge < -0.3 is 19.9 Å². The van der Waals surface area contributed by atoms with E-state index in [1.54, 1.807) is 36.4 Å². The number of rotatable bonds is 8. The van der Waals surface area contributed by atoms with Crippen LogP contribution in [0.4, 0.5) is 10.1 Å². The fourth-order valence-electron chi connectivity index (χ4n) is 2.72. The summed E-state index contributed by atoms with van der Waals surface area (Å²) in [5.41, 5.74) is 1.99. The van der Waals surface area contributed by atoms with Gasteiger partial charge in [0.15, 0.2) is 11.5 Å². The fraction of sp³-hybridized carbons (Fsp3) is 0.182. The van der Waals surface area contributed by atoms with Crippen molar-refractivity contribution in [2.75, 3.05) is 11.9 Å². The summed E-state index contributed by atoms with van der Waals surface area (Å²) in [6, 6.07) is 14.8. The van der Waals surface area contributed by atoms with Crippen LogP contribution in [-0.4, -0.2) is 11.7 Å². The summed E-state index contributed by atoms with van der Waals surface area (Å²) in [5.74, 6) is 0.561. The van der Waals surface area contributed by atoms with Crippen LogP contribution in [-0.2, 0) is 13.2 Å². The Morgan fingerprint density at radius 2 is 1.76 bits per heavy atom. The minimum Gasteiger partial charge on any atom is -0.508 e. The van der Waals surface area contributed by atoms with Crippen LogP contribution in [0.25, 0.3) is 0 Å². The van der Waals surface area contributed by atoms with E-state index >= 15 is 0 Å². The van der Waals surface area contributed by atoms with Crippen molar-refractivity contribution in [2.45, 2.75) is 20.1 Å². The van der Waals surface area contributed by atoms with Gasteiger partial charge in [-0.3, -0.25) is 0 Å². The Balaban J connectivity index is 1.77. The SMILES string of the molecule is CCOc1cc(CNc2ccc(O)cc2)cc(Cl)c1OCc1c(F)cccc1Cl. The average molecular weight is 436 g/mol. The number of hydrogen-bond donors (Lipinski definition) is 2. The van der Waals surface area contributed by atoms with Gasteiger partial charge in [0.1, 0.15) is 18.2 Å². The van der Waals surface area contributed by atoms with Crippen molar-refractivity contribution in [3.8, 4) is 17.2 Å². The molecule has 0 amide bonds. The van der Waals surface area contributed by atoms with Crippen LogP contribution in [0.2, 0.25) is 10.0 Å². The van der Waals surface area contributed by atoms with E-state index in [0.717, 1.165) is 11.3 Å². The lowest BCUT2D eigenvalue weighted by molar-refractivity contribution is 0.266. The third-order valence-corrected chi connectivity index (χ3v) is 4.79. The molecule has 7 heteroatoms. The number of ether oxygens (including phenoxy) is 2. The van der Waals surface area contributed by atoms with Crippen molar-refractivity contribution < 1.29 is 19.0 Å². The molecule has 0 aromatic heterocycles. The molecule has 3 aromatic carbocycles. The van der Waals surface area contributed by atoms with E-state index in [0.29, 0.717) is 29.7 Å². The monoisotopic (exact) mass is 435 g/mol. The fourth-order valence-corrected chi connectivity index (χ4v) is 3.23. The molecule has 0 atom stereocenters. The van der Waals surface area contributed by atoms with Gasteiger partial charge in [-0.2, -0.15) is 0 Å². The van der Waals surface area contributed by atoms with Crippen LogP contribution in [0.3, 0.4) is 0 Å². The second-order valence-electron chi connectivity index (χ2n) is 6.23. The van der Waals surface area contributed by atoms with Crippen molar-refractivity contribution in [3.63, 3.8) is 0 Å². The van der Waals surface area contributed by atoms with Crippen LogP contribution in [0.15, 0.2) is 54.6 Å². The van der Waals surface area contributed by atoms with E-state index in [2.05, 4.69) is 5.32 Å². The topological polar surface area (TPSA) is 50.7 Å². The Hall–Kier alpha value is -2.63. The van der Waals surface area contributed by atoms with Crippen molar-refractivity contribution in [2.24, 2.45) is 0 Å². The van der Waals surface area contributed by atoms with E-state index in [4.69, 9.17) is 32.7 Å². The summed E-state index contributed by atoms with van der Waals surface area (Å²) < 4.78 is 25.4. The van der Waals surface area contributed by atoms with Crippen molar-refractivity contribution in [1.82, 2.24) is 0 Å². The molecule has 0 saturated carbocycles. The molecule has 0 aliphatic rings. The number of phenols is 1. The van der Waals surface area contributed by atoms with Crippen molar-refractivity contribution >= 4 is 28.9 Å². The molecule has 0 bridgehead atoms. The smallest absolute Gasteiger partial charge is 0.180 e. The molecule has 0 radical (unpaired) electrons. The van der Waals surface area contributed by atoms with Gasteiger partial charge in [0.05, 0.1) is 16.7 Å². The molecule has 0 saturated heterocycles. The van der Waals surface area contributed by atoms with Gasteiger partial charge in [0, 0.05) is 17.8 Å². The molecule has 0 aliphatic carbocycles. The van der Waals surface area contributed by atoms with Gasteiger partial charge in [-0.1, -0.05) is 29.3 Å². The van der Waals surface area contributed by atoms with Crippen LogP contribution in [0, 0.1) is 5.82 Å². The summed E-state index contributed by atoms with van der Waals surface area (Å²) in [6.07, 6.45) is 0. The molecule has 0 heterocycles. The highest BCUT2D eigenvalue weighted by Gasteiger charge is 2.15. The molecule has 152 valence electrons. The van der Waals surface area contributed by atoms with Gasteiger partial charge in [0.25, 0.3) is 0 Å². The van der Waals surface area contributed by atoms with E-state index in [1.807, 2.05) is 13.0 Å².